The molecule has 0 atom stereocenters. The minimum Gasteiger partial charge on any atom is -0.476 e. The molecule has 3 N–H and O–H groups in total. The SMILES string of the molecule is CN(C)CC(C)(C)CNC(=O)NCc1nc(C(=O)O)cs1. The third kappa shape index (κ3) is 6.54. The quantitative estimate of drug-likeness (QED) is 0.703. The zero-order chi connectivity index (χ0) is 16.0. The van der Waals surface area contributed by atoms with Crippen molar-refractivity contribution in [3.63, 3.8) is 0 Å². The van der Waals surface area contributed by atoms with E-state index in [9.17, 15) is 9.59 Å². The summed E-state index contributed by atoms with van der Waals surface area (Å²) in [6, 6.07) is -0.283. The first-order chi connectivity index (χ1) is 9.69. The Hall–Kier alpha value is -1.67. The molecule has 1 rings (SSSR count). The molecule has 0 aliphatic heterocycles. The highest BCUT2D eigenvalue weighted by molar-refractivity contribution is 7.09. The van der Waals surface area contributed by atoms with Crippen LogP contribution in [0.15, 0.2) is 5.38 Å². The monoisotopic (exact) mass is 314 g/mol. The van der Waals surface area contributed by atoms with E-state index >= 15 is 0 Å². The van der Waals surface area contributed by atoms with Gasteiger partial charge in [-0.3, -0.25) is 0 Å². The number of aromatic carboxylic acids is 1. The van der Waals surface area contributed by atoms with Crippen LogP contribution in [0.3, 0.4) is 0 Å². The first-order valence-corrected chi connectivity index (χ1v) is 7.42. The molecule has 0 unspecified atom stereocenters. The number of hydrogen-bond acceptors (Lipinski definition) is 5. The largest absolute Gasteiger partial charge is 0.476 e. The highest BCUT2D eigenvalue weighted by atomic mass is 32.1. The molecule has 1 aromatic heterocycles. The maximum absolute atomic E-state index is 11.7. The van der Waals surface area contributed by atoms with Gasteiger partial charge in [0.05, 0.1) is 6.54 Å². The Morgan fingerprint density at radius 2 is 2.05 bits per heavy atom. The van der Waals surface area contributed by atoms with Gasteiger partial charge >= 0.3 is 12.0 Å². The summed E-state index contributed by atoms with van der Waals surface area (Å²) in [4.78, 5) is 28.4. The normalized spacial score (nSPS) is 11.5. The molecule has 0 aliphatic carbocycles. The Balaban J connectivity index is 2.35. The Morgan fingerprint density at radius 3 is 2.57 bits per heavy atom. The molecule has 0 spiro atoms. The maximum atomic E-state index is 11.7. The molecule has 21 heavy (non-hydrogen) atoms. The molecule has 0 aromatic carbocycles. The Bertz CT molecular complexity index is 499. The number of amides is 2. The molecule has 0 aliphatic rings. The number of carboxylic acids is 1. The zero-order valence-corrected chi connectivity index (χ0v) is 13.6. The lowest BCUT2D eigenvalue weighted by molar-refractivity contribution is 0.0691. The van der Waals surface area contributed by atoms with E-state index in [1.165, 1.54) is 16.7 Å². The molecule has 1 aromatic rings. The zero-order valence-electron chi connectivity index (χ0n) is 12.8. The van der Waals surface area contributed by atoms with Crippen LogP contribution in [0.1, 0.15) is 29.3 Å². The number of urea groups is 1. The standard InChI is InChI=1S/C13H22N4O3S/c1-13(2,8-17(3)4)7-15-12(20)14-5-10-16-9(6-21-10)11(18)19/h6H,5,7-8H2,1-4H3,(H,18,19)(H2,14,15,20). The summed E-state index contributed by atoms with van der Waals surface area (Å²) in [5.41, 5.74) is -0.0253. The molecule has 2 amide bonds. The number of carbonyl (C=O) groups is 2. The van der Waals surface area contributed by atoms with Gasteiger partial charge in [0, 0.05) is 18.5 Å². The number of hydrogen-bond donors (Lipinski definition) is 3. The highest BCUT2D eigenvalue weighted by Crippen LogP contribution is 2.14. The highest BCUT2D eigenvalue weighted by Gasteiger charge is 2.19. The maximum Gasteiger partial charge on any atom is 0.355 e. The molecule has 0 saturated heterocycles. The van der Waals surface area contributed by atoms with Crippen LogP contribution in [0.2, 0.25) is 0 Å². The van der Waals surface area contributed by atoms with Gasteiger partial charge in [0.15, 0.2) is 5.69 Å². The van der Waals surface area contributed by atoms with Crippen molar-refractivity contribution in [1.82, 2.24) is 20.5 Å². The molecule has 0 fully saturated rings. The van der Waals surface area contributed by atoms with Crippen molar-refractivity contribution < 1.29 is 14.7 Å². The lowest BCUT2D eigenvalue weighted by Crippen LogP contribution is -2.43. The van der Waals surface area contributed by atoms with Gasteiger partial charge in [-0.25, -0.2) is 14.6 Å². The third-order valence-corrected chi connectivity index (χ3v) is 3.49. The van der Waals surface area contributed by atoms with Gasteiger partial charge in [-0.1, -0.05) is 13.8 Å². The number of nitrogens with one attached hydrogen (secondary N) is 2. The molecule has 8 heteroatoms. The molecule has 0 saturated carbocycles. The molecule has 0 radical (unpaired) electrons. The second-order valence-electron chi connectivity index (χ2n) is 5.87. The van der Waals surface area contributed by atoms with E-state index in [0.717, 1.165) is 6.54 Å². The lowest BCUT2D eigenvalue weighted by Gasteiger charge is -2.28. The van der Waals surface area contributed by atoms with Crippen LogP contribution in [0.25, 0.3) is 0 Å². The molecule has 118 valence electrons. The van der Waals surface area contributed by atoms with Gasteiger partial charge in [-0.05, 0) is 19.5 Å². The number of carbonyl (C=O) groups excluding carboxylic acids is 1. The second kappa shape index (κ2) is 7.37. The third-order valence-electron chi connectivity index (χ3n) is 2.64. The summed E-state index contributed by atoms with van der Waals surface area (Å²) in [5.74, 6) is -1.06. The first-order valence-electron chi connectivity index (χ1n) is 6.54. The van der Waals surface area contributed by atoms with E-state index in [0.29, 0.717) is 11.6 Å². The molecular weight excluding hydrogens is 292 g/mol. The van der Waals surface area contributed by atoms with E-state index in [1.807, 2.05) is 14.1 Å². The van der Waals surface area contributed by atoms with E-state index in [2.05, 4.69) is 34.4 Å². The summed E-state index contributed by atoms with van der Waals surface area (Å²) in [6.07, 6.45) is 0. The average Bonchev–Trinajstić information content (AvgIpc) is 2.81. The summed E-state index contributed by atoms with van der Waals surface area (Å²) in [6.45, 7) is 5.79. The van der Waals surface area contributed by atoms with Gasteiger partial charge in [0.25, 0.3) is 0 Å². The number of carboxylic acid groups (broad SMARTS) is 1. The summed E-state index contributed by atoms with van der Waals surface area (Å²) < 4.78 is 0. The molecule has 7 nitrogen and oxygen atoms in total. The van der Waals surface area contributed by atoms with Crippen molar-refractivity contribution in [2.75, 3.05) is 27.2 Å². The smallest absolute Gasteiger partial charge is 0.355 e. The minimum atomic E-state index is -1.06. The molecule has 1 heterocycles. The van der Waals surface area contributed by atoms with Gasteiger partial charge in [0.1, 0.15) is 5.01 Å². The minimum absolute atomic E-state index is 0.00400. The van der Waals surface area contributed by atoms with Crippen LogP contribution in [0.5, 0.6) is 0 Å². The van der Waals surface area contributed by atoms with Gasteiger partial charge < -0.3 is 20.6 Å². The first kappa shape index (κ1) is 17.4. The predicted octanol–water partition coefficient (Wildman–Crippen LogP) is 1.23. The van der Waals surface area contributed by atoms with Gasteiger partial charge in [0.2, 0.25) is 0 Å². The van der Waals surface area contributed by atoms with E-state index in [1.54, 1.807) is 0 Å². The van der Waals surface area contributed by atoms with Crippen molar-refractivity contribution in [3.8, 4) is 0 Å². The second-order valence-corrected chi connectivity index (χ2v) is 6.81. The van der Waals surface area contributed by atoms with E-state index < -0.39 is 5.97 Å². The fourth-order valence-electron chi connectivity index (χ4n) is 1.94. The van der Waals surface area contributed by atoms with E-state index in [4.69, 9.17) is 5.11 Å². The molecule has 0 bridgehead atoms. The number of aromatic nitrogens is 1. The van der Waals surface area contributed by atoms with Crippen molar-refractivity contribution in [2.24, 2.45) is 5.41 Å². The predicted molar refractivity (Wildman–Crippen MR) is 81.6 cm³/mol. The summed E-state index contributed by atoms with van der Waals surface area (Å²) in [7, 11) is 3.98. The summed E-state index contributed by atoms with van der Waals surface area (Å²) in [5, 5.41) is 16.3. The Kier molecular flexibility index (Phi) is 6.10. The molecular formula is C13H22N4O3S. The van der Waals surface area contributed by atoms with Crippen LogP contribution >= 0.6 is 11.3 Å². The number of rotatable bonds is 7. The van der Waals surface area contributed by atoms with Crippen molar-refractivity contribution >= 4 is 23.3 Å². The number of thiazole rings is 1. The van der Waals surface area contributed by atoms with Crippen LogP contribution in [-0.4, -0.2) is 54.2 Å². The average molecular weight is 314 g/mol. The Labute approximate surface area is 128 Å². The van der Waals surface area contributed by atoms with Gasteiger partial charge in [-0.15, -0.1) is 11.3 Å². The fourth-order valence-corrected chi connectivity index (χ4v) is 2.65. The van der Waals surface area contributed by atoms with E-state index in [-0.39, 0.29) is 23.7 Å². The fraction of sp³-hybridized carbons (Fsp3) is 0.615. The van der Waals surface area contributed by atoms with Crippen LogP contribution in [-0.2, 0) is 6.54 Å². The van der Waals surface area contributed by atoms with Crippen LogP contribution in [0.4, 0.5) is 4.79 Å². The van der Waals surface area contributed by atoms with Gasteiger partial charge in [-0.2, -0.15) is 0 Å². The van der Waals surface area contributed by atoms with Crippen molar-refractivity contribution in [2.45, 2.75) is 20.4 Å². The summed E-state index contributed by atoms with van der Waals surface area (Å²) >= 11 is 1.21. The van der Waals surface area contributed by atoms with Crippen molar-refractivity contribution in [1.29, 1.82) is 0 Å². The van der Waals surface area contributed by atoms with Crippen LogP contribution in [0, 0.1) is 5.41 Å². The van der Waals surface area contributed by atoms with Crippen LogP contribution < -0.4 is 10.6 Å². The van der Waals surface area contributed by atoms with Crippen molar-refractivity contribution in [3.05, 3.63) is 16.1 Å². The number of nitrogens with zero attached hydrogens (tertiary/aromatic N) is 2. The Morgan fingerprint density at radius 1 is 1.38 bits per heavy atom. The lowest BCUT2D eigenvalue weighted by atomic mass is 9.93. The topological polar surface area (TPSA) is 94.6 Å².